The van der Waals surface area contributed by atoms with Crippen molar-refractivity contribution in [2.24, 2.45) is 5.92 Å². The lowest BCUT2D eigenvalue weighted by Crippen LogP contribution is -2.46. The second kappa shape index (κ2) is 7.68. The number of hydrogen-bond donors (Lipinski definition) is 1. The lowest BCUT2D eigenvalue weighted by molar-refractivity contribution is -0.146. The minimum absolute atomic E-state index is 0.0556. The monoisotopic (exact) mass is 351 g/mol. The van der Waals surface area contributed by atoms with Gasteiger partial charge in [0.2, 0.25) is 0 Å². The van der Waals surface area contributed by atoms with E-state index in [0.717, 1.165) is 29.5 Å². The first kappa shape index (κ1) is 18.1. The second-order valence-electron chi connectivity index (χ2n) is 7.28. The number of pyridine rings is 1. The van der Waals surface area contributed by atoms with Crippen LogP contribution in [0.3, 0.4) is 0 Å². The molecule has 1 N–H and O–H groups in total. The number of carbonyl (C=O) groups excluding carboxylic acids is 2. The minimum atomic E-state index is -0.607. The van der Waals surface area contributed by atoms with Crippen molar-refractivity contribution < 1.29 is 9.59 Å². The van der Waals surface area contributed by atoms with Gasteiger partial charge in [-0.2, -0.15) is 0 Å². The summed E-state index contributed by atoms with van der Waals surface area (Å²) in [6.07, 6.45) is 5.17. The zero-order valence-corrected chi connectivity index (χ0v) is 15.5. The van der Waals surface area contributed by atoms with Gasteiger partial charge in [0.15, 0.2) is 0 Å². The summed E-state index contributed by atoms with van der Waals surface area (Å²) in [4.78, 5) is 31.2. The summed E-state index contributed by atoms with van der Waals surface area (Å²) in [5.41, 5.74) is 3.72. The predicted molar refractivity (Wildman–Crippen MR) is 102 cm³/mol. The standard InChI is InChI=1S/C21H25N3O2/c1-14-5-4-6-17(9-14)19-8-7-15(2)13-24(19)21(26)20(25)23-18-10-16(3)11-22-12-18/h4-6,9-12,15,19H,7-8,13H2,1-3H3,(H,23,25)/t15-,19+/m1/s1. The Hall–Kier alpha value is -2.69. The Kier molecular flexibility index (Phi) is 5.35. The van der Waals surface area contributed by atoms with Crippen LogP contribution in [-0.4, -0.2) is 28.2 Å². The summed E-state index contributed by atoms with van der Waals surface area (Å²) in [5.74, 6) is -0.706. The summed E-state index contributed by atoms with van der Waals surface area (Å²) in [6.45, 7) is 6.65. The first-order chi connectivity index (χ1) is 12.4. The van der Waals surface area contributed by atoms with E-state index in [9.17, 15) is 9.59 Å². The van der Waals surface area contributed by atoms with Crippen molar-refractivity contribution in [3.63, 3.8) is 0 Å². The van der Waals surface area contributed by atoms with E-state index in [1.807, 2.05) is 32.0 Å². The third-order valence-corrected chi connectivity index (χ3v) is 4.83. The lowest BCUT2D eigenvalue weighted by Gasteiger charge is -2.38. The van der Waals surface area contributed by atoms with Crippen LogP contribution in [-0.2, 0) is 9.59 Å². The van der Waals surface area contributed by atoms with Gasteiger partial charge in [0.1, 0.15) is 0 Å². The number of rotatable bonds is 2. The number of aromatic nitrogens is 1. The zero-order chi connectivity index (χ0) is 18.7. The van der Waals surface area contributed by atoms with Crippen LogP contribution in [0.15, 0.2) is 42.7 Å². The molecule has 2 atom stereocenters. The zero-order valence-electron chi connectivity index (χ0n) is 15.5. The van der Waals surface area contributed by atoms with Crippen LogP contribution >= 0.6 is 0 Å². The Bertz CT molecular complexity index is 818. The molecule has 1 aliphatic heterocycles. The molecular formula is C21H25N3O2. The fourth-order valence-corrected chi connectivity index (χ4v) is 3.54. The van der Waals surface area contributed by atoms with E-state index in [-0.39, 0.29) is 6.04 Å². The van der Waals surface area contributed by atoms with E-state index in [0.29, 0.717) is 18.2 Å². The molecule has 1 saturated heterocycles. The molecular weight excluding hydrogens is 326 g/mol. The van der Waals surface area contributed by atoms with Gasteiger partial charge in [-0.05, 0) is 49.8 Å². The van der Waals surface area contributed by atoms with Gasteiger partial charge in [-0.25, -0.2) is 0 Å². The average Bonchev–Trinajstić information content (AvgIpc) is 2.61. The molecule has 2 aromatic rings. The summed E-state index contributed by atoms with van der Waals surface area (Å²) in [6, 6.07) is 9.93. The molecule has 2 amide bonds. The third-order valence-electron chi connectivity index (χ3n) is 4.83. The maximum absolute atomic E-state index is 12.9. The Balaban J connectivity index is 1.80. The molecule has 26 heavy (non-hydrogen) atoms. The molecule has 1 aliphatic rings. The fraction of sp³-hybridized carbons (Fsp3) is 0.381. The lowest BCUT2D eigenvalue weighted by atomic mass is 9.89. The van der Waals surface area contributed by atoms with E-state index < -0.39 is 11.8 Å². The summed E-state index contributed by atoms with van der Waals surface area (Å²) in [5, 5.41) is 2.69. The van der Waals surface area contributed by atoms with E-state index in [2.05, 4.69) is 23.3 Å². The molecule has 0 radical (unpaired) electrons. The van der Waals surface area contributed by atoms with Crippen molar-refractivity contribution in [3.8, 4) is 0 Å². The number of nitrogens with one attached hydrogen (secondary N) is 1. The van der Waals surface area contributed by atoms with E-state index >= 15 is 0 Å². The minimum Gasteiger partial charge on any atom is -0.327 e. The van der Waals surface area contributed by atoms with Crippen LogP contribution in [0, 0.1) is 19.8 Å². The molecule has 0 bridgehead atoms. The highest BCUT2D eigenvalue weighted by Gasteiger charge is 2.34. The van der Waals surface area contributed by atoms with E-state index in [1.54, 1.807) is 23.4 Å². The first-order valence-electron chi connectivity index (χ1n) is 9.04. The van der Waals surface area contributed by atoms with E-state index in [1.165, 1.54) is 0 Å². The number of nitrogens with zero attached hydrogens (tertiary/aromatic N) is 2. The van der Waals surface area contributed by atoms with Gasteiger partial charge in [0.05, 0.1) is 17.9 Å². The highest BCUT2D eigenvalue weighted by Crippen LogP contribution is 2.33. The van der Waals surface area contributed by atoms with Crippen molar-refractivity contribution in [2.45, 2.75) is 39.7 Å². The van der Waals surface area contributed by atoms with Crippen LogP contribution in [0.1, 0.15) is 42.5 Å². The van der Waals surface area contributed by atoms with Crippen LogP contribution in [0.4, 0.5) is 5.69 Å². The van der Waals surface area contributed by atoms with Crippen LogP contribution in [0.5, 0.6) is 0 Å². The van der Waals surface area contributed by atoms with Crippen molar-refractivity contribution in [1.82, 2.24) is 9.88 Å². The number of amides is 2. The smallest absolute Gasteiger partial charge is 0.313 e. The topological polar surface area (TPSA) is 62.3 Å². The maximum Gasteiger partial charge on any atom is 0.313 e. The highest BCUT2D eigenvalue weighted by atomic mass is 16.2. The largest absolute Gasteiger partial charge is 0.327 e. The Labute approximate surface area is 154 Å². The number of carbonyl (C=O) groups is 2. The molecule has 5 nitrogen and oxygen atoms in total. The Morgan fingerprint density at radius 1 is 1.12 bits per heavy atom. The molecule has 3 rings (SSSR count). The summed E-state index contributed by atoms with van der Waals surface area (Å²) in [7, 11) is 0. The van der Waals surface area contributed by atoms with Crippen LogP contribution in [0.2, 0.25) is 0 Å². The molecule has 1 aromatic heterocycles. The normalized spacial score (nSPS) is 19.9. The Morgan fingerprint density at radius 3 is 2.65 bits per heavy atom. The second-order valence-corrected chi connectivity index (χ2v) is 7.28. The molecule has 0 unspecified atom stereocenters. The van der Waals surface area contributed by atoms with E-state index in [4.69, 9.17) is 0 Å². The van der Waals surface area contributed by atoms with Gasteiger partial charge in [-0.1, -0.05) is 36.8 Å². The van der Waals surface area contributed by atoms with Gasteiger partial charge in [-0.3, -0.25) is 14.6 Å². The van der Waals surface area contributed by atoms with Gasteiger partial charge >= 0.3 is 11.8 Å². The van der Waals surface area contributed by atoms with Crippen molar-refractivity contribution in [3.05, 3.63) is 59.4 Å². The maximum atomic E-state index is 12.9. The van der Waals surface area contributed by atoms with Crippen LogP contribution < -0.4 is 5.32 Å². The molecule has 2 heterocycles. The highest BCUT2D eigenvalue weighted by molar-refractivity contribution is 6.39. The number of anilines is 1. The molecule has 136 valence electrons. The predicted octanol–water partition coefficient (Wildman–Crippen LogP) is 3.64. The van der Waals surface area contributed by atoms with Gasteiger partial charge in [0, 0.05) is 12.7 Å². The average molecular weight is 351 g/mol. The van der Waals surface area contributed by atoms with Gasteiger partial charge < -0.3 is 10.2 Å². The van der Waals surface area contributed by atoms with Crippen molar-refractivity contribution >= 4 is 17.5 Å². The SMILES string of the molecule is Cc1cncc(NC(=O)C(=O)N2C[C@H](C)CC[C@H]2c2cccc(C)c2)c1. The van der Waals surface area contributed by atoms with Gasteiger partial charge in [0.25, 0.3) is 0 Å². The number of likely N-dealkylation sites (tertiary alicyclic amines) is 1. The summed E-state index contributed by atoms with van der Waals surface area (Å²) < 4.78 is 0. The molecule has 5 heteroatoms. The molecule has 0 saturated carbocycles. The summed E-state index contributed by atoms with van der Waals surface area (Å²) >= 11 is 0. The first-order valence-corrected chi connectivity index (χ1v) is 9.04. The quantitative estimate of drug-likeness (QED) is 0.840. The molecule has 0 spiro atoms. The number of piperidine rings is 1. The number of aryl methyl sites for hydroxylation is 2. The van der Waals surface area contributed by atoms with Gasteiger partial charge in [-0.15, -0.1) is 0 Å². The van der Waals surface area contributed by atoms with Crippen molar-refractivity contribution in [1.29, 1.82) is 0 Å². The van der Waals surface area contributed by atoms with Crippen LogP contribution in [0.25, 0.3) is 0 Å². The molecule has 0 aliphatic carbocycles. The number of benzene rings is 1. The Morgan fingerprint density at radius 2 is 1.92 bits per heavy atom. The van der Waals surface area contributed by atoms with Crippen molar-refractivity contribution in [2.75, 3.05) is 11.9 Å². The molecule has 1 fully saturated rings. The third kappa shape index (κ3) is 4.10. The fourth-order valence-electron chi connectivity index (χ4n) is 3.54. The number of hydrogen-bond acceptors (Lipinski definition) is 3. The molecule has 1 aromatic carbocycles.